The first kappa shape index (κ1) is 12.2. The maximum absolute atomic E-state index is 5.79. The van der Waals surface area contributed by atoms with Crippen molar-refractivity contribution >= 4 is 0 Å². The average Bonchev–Trinajstić information content (AvgIpc) is 3.17. The van der Waals surface area contributed by atoms with Gasteiger partial charge >= 0.3 is 0 Å². The lowest BCUT2D eigenvalue weighted by molar-refractivity contribution is 0.256. The second kappa shape index (κ2) is 5.02. The van der Waals surface area contributed by atoms with Crippen LogP contribution in [0.25, 0.3) is 0 Å². The zero-order chi connectivity index (χ0) is 12.5. The second-order valence-electron chi connectivity index (χ2n) is 6.13. The summed E-state index contributed by atoms with van der Waals surface area (Å²) < 4.78 is 0. The summed E-state index contributed by atoms with van der Waals surface area (Å²) in [5.41, 5.74) is 8.77. The topological polar surface area (TPSA) is 29.3 Å². The monoisotopic (exact) mass is 244 g/mol. The van der Waals surface area contributed by atoms with Crippen molar-refractivity contribution in [1.29, 1.82) is 0 Å². The molecule has 1 aromatic rings. The fourth-order valence-corrected chi connectivity index (χ4v) is 3.16. The number of nitrogens with zero attached hydrogens (tertiary/aromatic N) is 1. The molecule has 1 saturated carbocycles. The van der Waals surface area contributed by atoms with Gasteiger partial charge in [-0.25, -0.2) is 0 Å². The third-order valence-electron chi connectivity index (χ3n) is 4.54. The second-order valence-corrected chi connectivity index (χ2v) is 6.13. The highest BCUT2D eigenvalue weighted by Crippen LogP contribution is 2.40. The first-order valence-electron chi connectivity index (χ1n) is 7.29. The average molecular weight is 244 g/mol. The van der Waals surface area contributed by atoms with Gasteiger partial charge in [-0.1, -0.05) is 24.3 Å². The van der Waals surface area contributed by atoms with Crippen LogP contribution in [0.5, 0.6) is 0 Å². The Morgan fingerprint density at radius 2 is 1.94 bits per heavy atom. The number of rotatable bonds is 4. The normalized spacial score (nSPS) is 28.8. The Bertz CT molecular complexity index is 394. The van der Waals surface area contributed by atoms with Crippen LogP contribution in [0.4, 0.5) is 0 Å². The molecule has 1 aliphatic carbocycles. The van der Waals surface area contributed by atoms with Crippen LogP contribution in [0.15, 0.2) is 24.3 Å². The lowest BCUT2D eigenvalue weighted by Crippen LogP contribution is -2.27. The van der Waals surface area contributed by atoms with E-state index in [9.17, 15) is 0 Å². The Labute approximate surface area is 110 Å². The van der Waals surface area contributed by atoms with Gasteiger partial charge in [-0.2, -0.15) is 0 Å². The van der Waals surface area contributed by atoms with Crippen LogP contribution in [0.2, 0.25) is 0 Å². The zero-order valence-electron chi connectivity index (χ0n) is 11.3. The van der Waals surface area contributed by atoms with E-state index in [0.29, 0.717) is 12.0 Å². The molecule has 0 bridgehead atoms. The Kier molecular flexibility index (Phi) is 3.40. The van der Waals surface area contributed by atoms with Crippen LogP contribution >= 0.6 is 0 Å². The van der Waals surface area contributed by atoms with Gasteiger partial charge in [0.05, 0.1) is 0 Å². The van der Waals surface area contributed by atoms with Crippen LogP contribution in [0.3, 0.4) is 0 Å². The van der Waals surface area contributed by atoms with E-state index in [0.717, 1.165) is 19.0 Å². The predicted octanol–water partition coefficient (Wildman–Crippen LogP) is 2.73. The van der Waals surface area contributed by atoms with E-state index in [1.165, 1.54) is 36.9 Å². The van der Waals surface area contributed by atoms with Gasteiger partial charge < -0.3 is 5.73 Å². The molecule has 2 fully saturated rings. The van der Waals surface area contributed by atoms with E-state index in [2.05, 4.69) is 36.1 Å². The van der Waals surface area contributed by atoms with Gasteiger partial charge in [-0.3, -0.25) is 4.90 Å². The quantitative estimate of drug-likeness (QED) is 0.882. The van der Waals surface area contributed by atoms with Crippen molar-refractivity contribution in [2.24, 2.45) is 11.7 Å². The Balaban J connectivity index is 1.61. The standard InChI is InChI=1S/C16H24N2/c1-12-8-14(9-17)11-18(12)10-13-2-4-15(5-3-13)16-6-7-16/h2-5,12,14,16H,6-11,17H2,1H3. The van der Waals surface area contributed by atoms with Crippen molar-refractivity contribution in [2.45, 2.75) is 44.7 Å². The largest absolute Gasteiger partial charge is 0.330 e. The van der Waals surface area contributed by atoms with Gasteiger partial charge in [0, 0.05) is 19.1 Å². The third kappa shape index (κ3) is 2.60. The van der Waals surface area contributed by atoms with Crippen LogP contribution in [0.1, 0.15) is 43.2 Å². The number of likely N-dealkylation sites (tertiary alicyclic amines) is 1. The van der Waals surface area contributed by atoms with Crippen molar-refractivity contribution in [3.63, 3.8) is 0 Å². The Morgan fingerprint density at radius 1 is 1.22 bits per heavy atom. The SMILES string of the molecule is CC1CC(CN)CN1Cc1ccc(C2CC2)cc1. The van der Waals surface area contributed by atoms with Gasteiger partial charge in [0.25, 0.3) is 0 Å². The summed E-state index contributed by atoms with van der Waals surface area (Å²) in [5.74, 6) is 1.57. The van der Waals surface area contributed by atoms with Crippen LogP contribution < -0.4 is 5.73 Å². The molecular formula is C16H24N2. The van der Waals surface area contributed by atoms with Crippen molar-refractivity contribution in [3.05, 3.63) is 35.4 Å². The van der Waals surface area contributed by atoms with Crippen molar-refractivity contribution in [1.82, 2.24) is 4.90 Å². The molecule has 2 atom stereocenters. The van der Waals surface area contributed by atoms with Crippen LogP contribution in [0, 0.1) is 5.92 Å². The first-order chi connectivity index (χ1) is 8.76. The van der Waals surface area contributed by atoms with Crippen molar-refractivity contribution in [2.75, 3.05) is 13.1 Å². The van der Waals surface area contributed by atoms with E-state index in [1.807, 2.05) is 0 Å². The van der Waals surface area contributed by atoms with E-state index in [-0.39, 0.29) is 0 Å². The molecule has 2 heteroatoms. The fraction of sp³-hybridized carbons (Fsp3) is 0.625. The summed E-state index contributed by atoms with van der Waals surface area (Å²) in [7, 11) is 0. The summed E-state index contributed by atoms with van der Waals surface area (Å²) in [6, 6.07) is 9.97. The maximum atomic E-state index is 5.79. The lowest BCUT2D eigenvalue weighted by atomic mass is 10.1. The molecule has 0 aromatic heterocycles. The summed E-state index contributed by atoms with van der Waals surface area (Å²) in [6.07, 6.45) is 4.04. The van der Waals surface area contributed by atoms with Crippen LogP contribution in [-0.4, -0.2) is 24.0 Å². The number of benzene rings is 1. The van der Waals surface area contributed by atoms with E-state index < -0.39 is 0 Å². The predicted molar refractivity (Wildman–Crippen MR) is 75.5 cm³/mol. The summed E-state index contributed by atoms with van der Waals surface area (Å²) in [4.78, 5) is 2.57. The highest BCUT2D eigenvalue weighted by molar-refractivity contribution is 5.28. The molecule has 18 heavy (non-hydrogen) atoms. The summed E-state index contributed by atoms with van der Waals surface area (Å²) >= 11 is 0. The molecule has 2 N–H and O–H groups in total. The molecule has 2 aliphatic rings. The summed E-state index contributed by atoms with van der Waals surface area (Å²) in [6.45, 7) is 5.42. The molecule has 2 nitrogen and oxygen atoms in total. The zero-order valence-corrected chi connectivity index (χ0v) is 11.3. The molecule has 1 saturated heterocycles. The third-order valence-corrected chi connectivity index (χ3v) is 4.54. The molecule has 0 radical (unpaired) electrons. The molecule has 1 aromatic carbocycles. The highest BCUT2D eigenvalue weighted by Gasteiger charge is 2.28. The molecule has 1 aliphatic heterocycles. The molecule has 0 spiro atoms. The number of nitrogens with two attached hydrogens (primary N) is 1. The maximum Gasteiger partial charge on any atom is 0.0236 e. The van der Waals surface area contributed by atoms with Gasteiger partial charge in [0.2, 0.25) is 0 Å². The molecule has 3 rings (SSSR count). The molecule has 0 amide bonds. The molecular weight excluding hydrogens is 220 g/mol. The van der Waals surface area contributed by atoms with Crippen molar-refractivity contribution < 1.29 is 0 Å². The summed E-state index contributed by atoms with van der Waals surface area (Å²) in [5, 5.41) is 0. The number of hydrogen-bond donors (Lipinski definition) is 1. The minimum absolute atomic E-state index is 0.682. The van der Waals surface area contributed by atoms with E-state index in [1.54, 1.807) is 0 Å². The number of hydrogen-bond acceptors (Lipinski definition) is 2. The smallest absolute Gasteiger partial charge is 0.0236 e. The minimum Gasteiger partial charge on any atom is -0.330 e. The van der Waals surface area contributed by atoms with Crippen molar-refractivity contribution in [3.8, 4) is 0 Å². The van der Waals surface area contributed by atoms with Gasteiger partial charge in [-0.15, -0.1) is 0 Å². The van der Waals surface area contributed by atoms with E-state index in [4.69, 9.17) is 5.73 Å². The van der Waals surface area contributed by atoms with Gasteiger partial charge in [0.1, 0.15) is 0 Å². The molecule has 98 valence electrons. The first-order valence-corrected chi connectivity index (χ1v) is 7.29. The van der Waals surface area contributed by atoms with Gasteiger partial charge in [0.15, 0.2) is 0 Å². The molecule has 1 heterocycles. The van der Waals surface area contributed by atoms with Crippen LogP contribution in [-0.2, 0) is 6.54 Å². The fourth-order valence-electron chi connectivity index (χ4n) is 3.16. The molecule has 2 unspecified atom stereocenters. The minimum atomic E-state index is 0.682. The Morgan fingerprint density at radius 3 is 2.50 bits per heavy atom. The lowest BCUT2D eigenvalue weighted by Gasteiger charge is -2.21. The van der Waals surface area contributed by atoms with Gasteiger partial charge in [-0.05, 0) is 55.7 Å². The Hall–Kier alpha value is -0.860. The van der Waals surface area contributed by atoms with E-state index >= 15 is 0 Å². The highest BCUT2D eigenvalue weighted by atomic mass is 15.2.